The number of amides is 2. The average molecular weight is 227 g/mol. The molecular formula is C8H17N7O. The van der Waals surface area contributed by atoms with Gasteiger partial charge in [-0.05, 0) is 24.5 Å². The van der Waals surface area contributed by atoms with Gasteiger partial charge in [0, 0.05) is 20.1 Å². The molecule has 0 spiro atoms. The van der Waals surface area contributed by atoms with E-state index < -0.39 is 0 Å². The number of H-pyrrole nitrogens is 1. The lowest BCUT2D eigenvalue weighted by Crippen LogP contribution is -2.40. The Hall–Kier alpha value is -1.70. The van der Waals surface area contributed by atoms with Gasteiger partial charge in [-0.3, -0.25) is 0 Å². The van der Waals surface area contributed by atoms with Gasteiger partial charge in [-0.2, -0.15) is 0 Å². The second kappa shape index (κ2) is 6.01. The molecule has 2 N–H and O–H groups in total. The van der Waals surface area contributed by atoms with Gasteiger partial charge in [0.1, 0.15) is 0 Å². The first-order valence-corrected chi connectivity index (χ1v) is 4.96. The molecule has 0 aliphatic carbocycles. The number of likely N-dealkylation sites (N-methyl/N-ethyl adjacent to an activating group) is 2. The Balaban J connectivity index is 2.23. The molecule has 2 amide bonds. The smallest absolute Gasteiger partial charge is 0.317 e. The van der Waals surface area contributed by atoms with Gasteiger partial charge in [-0.15, -0.1) is 5.10 Å². The molecule has 0 aliphatic rings. The number of tetrazole rings is 1. The van der Waals surface area contributed by atoms with E-state index in [1.807, 2.05) is 19.0 Å². The standard InChI is InChI=1S/C8H17N7O/c1-14(2)4-5-15(3)8(16)9-6-7-10-12-13-11-7/h4-6H2,1-3H3,(H,9,16)(H,10,11,12,13). The highest BCUT2D eigenvalue weighted by Crippen LogP contribution is 1.88. The van der Waals surface area contributed by atoms with Gasteiger partial charge < -0.3 is 15.1 Å². The van der Waals surface area contributed by atoms with Crippen molar-refractivity contribution in [3.8, 4) is 0 Å². The zero-order valence-corrected chi connectivity index (χ0v) is 9.77. The van der Waals surface area contributed by atoms with Crippen molar-refractivity contribution in [1.82, 2.24) is 35.7 Å². The molecule has 0 saturated heterocycles. The molecule has 0 unspecified atom stereocenters. The predicted octanol–water partition coefficient (Wildman–Crippen LogP) is -1.10. The Bertz CT molecular complexity index is 310. The van der Waals surface area contributed by atoms with Crippen molar-refractivity contribution < 1.29 is 4.79 Å². The van der Waals surface area contributed by atoms with Crippen LogP contribution in [0.1, 0.15) is 5.82 Å². The number of hydrogen-bond donors (Lipinski definition) is 2. The highest BCUT2D eigenvalue weighted by molar-refractivity contribution is 5.73. The first-order chi connectivity index (χ1) is 7.59. The number of carbonyl (C=O) groups is 1. The van der Waals surface area contributed by atoms with Crippen LogP contribution in [0.15, 0.2) is 0 Å². The van der Waals surface area contributed by atoms with E-state index in [0.717, 1.165) is 6.54 Å². The minimum atomic E-state index is -0.141. The second-order valence-electron chi connectivity index (χ2n) is 3.73. The lowest BCUT2D eigenvalue weighted by molar-refractivity contribution is 0.203. The SMILES string of the molecule is CN(C)CCN(C)C(=O)NCc1nnn[nH]1. The summed E-state index contributed by atoms with van der Waals surface area (Å²) in [6.45, 7) is 1.80. The largest absolute Gasteiger partial charge is 0.331 e. The fourth-order valence-corrected chi connectivity index (χ4v) is 1.000. The Labute approximate surface area is 94.0 Å². The summed E-state index contributed by atoms with van der Waals surface area (Å²) in [6.07, 6.45) is 0. The number of nitrogens with one attached hydrogen (secondary N) is 2. The Morgan fingerprint density at radius 1 is 1.38 bits per heavy atom. The molecule has 8 nitrogen and oxygen atoms in total. The Morgan fingerprint density at radius 2 is 2.12 bits per heavy atom. The van der Waals surface area contributed by atoms with Gasteiger partial charge in [0.05, 0.1) is 6.54 Å². The van der Waals surface area contributed by atoms with Crippen LogP contribution in [0.3, 0.4) is 0 Å². The van der Waals surface area contributed by atoms with Gasteiger partial charge in [0.25, 0.3) is 0 Å². The maximum absolute atomic E-state index is 11.6. The number of rotatable bonds is 5. The molecule has 0 atom stereocenters. The number of urea groups is 1. The molecule has 0 aromatic carbocycles. The van der Waals surface area contributed by atoms with Gasteiger partial charge in [0.2, 0.25) is 0 Å². The Kier molecular flexibility index (Phi) is 4.65. The van der Waals surface area contributed by atoms with E-state index in [1.165, 1.54) is 0 Å². The van der Waals surface area contributed by atoms with E-state index >= 15 is 0 Å². The minimum Gasteiger partial charge on any atom is -0.331 e. The monoisotopic (exact) mass is 227 g/mol. The second-order valence-corrected chi connectivity index (χ2v) is 3.73. The van der Waals surface area contributed by atoms with Crippen molar-refractivity contribution in [3.05, 3.63) is 5.82 Å². The molecule has 1 aromatic rings. The zero-order chi connectivity index (χ0) is 12.0. The van der Waals surface area contributed by atoms with Gasteiger partial charge in [-0.1, -0.05) is 0 Å². The number of aromatic amines is 1. The van der Waals surface area contributed by atoms with E-state index in [-0.39, 0.29) is 6.03 Å². The topological polar surface area (TPSA) is 90.0 Å². The van der Waals surface area contributed by atoms with Crippen molar-refractivity contribution in [3.63, 3.8) is 0 Å². The van der Waals surface area contributed by atoms with Gasteiger partial charge >= 0.3 is 6.03 Å². The minimum absolute atomic E-state index is 0.141. The third kappa shape index (κ3) is 4.22. The summed E-state index contributed by atoms with van der Waals surface area (Å²) in [5.74, 6) is 0.536. The van der Waals surface area contributed by atoms with Crippen LogP contribution in [0.4, 0.5) is 4.79 Å². The molecule has 8 heteroatoms. The van der Waals surface area contributed by atoms with E-state index in [1.54, 1.807) is 11.9 Å². The van der Waals surface area contributed by atoms with E-state index in [9.17, 15) is 4.79 Å². The van der Waals surface area contributed by atoms with Crippen molar-refractivity contribution in [2.45, 2.75) is 6.54 Å². The van der Waals surface area contributed by atoms with Crippen molar-refractivity contribution in [1.29, 1.82) is 0 Å². The maximum atomic E-state index is 11.6. The van der Waals surface area contributed by atoms with Crippen LogP contribution in [0.2, 0.25) is 0 Å². The highest BCUT2D eigenvalue weighted by Gasteiger charge is 2.08. The first-order valence-electron chi connectivity index (χ1n) is 4.96. The molecule has 1 rings (SSSR count). The van der Waals surface area contributed by atoms with Crippen LogP contribution in [0, 0.1) is 0 Å². The van der Waals surface area contributed by atoms with Crippen molar-refractivity contribution in [2.24, 2.45) is 0 Å². The molecule has 0 fully saturated rings. The molecule has 90 valence electrons. The zero-order valence-electron chi connectivity index (χ0n) is 9.77. The van der Waals surface area contributed by atoms with Gasteiger partial charge in [0.15, 0.2) is 5.82 Å². The number of aromatic nitrogens is 4. The summed E-state index contributed by atoms with van der Waals surface area (Å²) in [5, 5.41) is 15.8. The molecule has 0 radical (unpaired) electrons. The highest BCUT2D eigenvalue weighted by atomic mass is 16.2. The maximum Gasteiger partial charge on any atom is 0.317 e. The summed E-state index contributed by atoms with van der Waals surface area (Å²) in [7, 11) is 5.68. The van der Waals surface area contributed by atoms with Crippen molar-refractivity contribution >= 4 is 6.03 Å². The number of carbonyl (C=O) groups excluding carboxylic acids is 1. The van der Waals surface area contributed by atoms with Gasteiger partial charge in [-0.25, -0.2) is 9.89 Å². The van der Waals surface area contributed by atoms with Crippen LogP contribution in [-0.4, -0.2) is 70.7 Å². The molecule has 1 aromatic heterocycles. The lowest BCUT2D eigenvalue weighted by atomic mass is 10.5. The normalized spacial score (nSPS) is 10.5. The van der Waals surface area contributed by atoms with Crippen LogP contribution in [0.25, 0.3) is 0 Å². The van der Waals surface area contributed by atoms with E-state index in [4.69, 9.17) is 0 Å². The first kappa shape index (κ1) is 12.4. The average Bonchev–Trinajstić information content (AvgIpc) is 2.75. The molecule has 1 heterocycles. The van der Waals surface area contributed by atoms with E-state index in [0.29, 0.717) is 18.9 Å². The third-order valence-electron chi connectivity index (χ3n) is 2.03. The fraction of sp³-hybridized carbons (Fsp3) is 0.750. The molecule has 0 aliphatic heterocycles. The number of nitrogens with zero attached hydrogens (tertiary/aromatic N) is 5. The molecule has 16 heavy (non-hydrogen) atoms. The van der Waals surface area contributed by atoms with Crippen LogP contribution in [-0.2, 0) is 6.54 Å². The predicted molar refractivity (Wildman–Crippen MR) is 57.6 cm³/mol. The fourth-order valence-electron chi connectivity index (χ4n) is 1.000. The quantitative estimate of drug-likeness (QED) is 0.666. The summed E-state index contributed by atoms with van der Waals surface area (Å²) < 4.78 is 0. The van der Waals surface area contributed by atoms with Crippen LogP contribution >= 0.6 is 0 Å². The lowest BCUT2D eigenvalue weighted by Gasteiger charge is -2.19. The summed E-state index contributed by atoms with van der Waals surface area (Å²) in [4.78, 5) is 15.2. The van der Waals surface area contributed by atoms with Crippen LogP contribution < -0.4 is 5.32 Å². The molecule has 0 saturated carbocycles. The Morgan fingerprint density at radius 3 is 2.69 bits per heavy atom. The summed E-state index contributed by atoms with van der Waals surface area (Å²) in [6, 6.07) is -0.141. The van der Waals surface area contributed by atoms with E-state index in [2.05, 4.69) is 25.9 Å². The molecular weight excluding hydrogens is 210 g/mol. The summed E-state index contributed by atoms with van der Waals surface area (Å²) in [5.41, 5.74) is 0. The van der Waals surface area contributed by atoms with Crippen LogP contribution in [0.5, 0.6) is 0 Å². The number of hydrogen-bond acceptors (Lipinski definition) is 5. The summed E-state index contributed by atoms with van der Waals surface area (Å²) >= 11 is 0. The van der Waals surface area contributed by atoms with Crippen molar-refractivity contribution in [2.75, 3.05) is 34.2 Å². The third-order valence-corrected chi connectivity index (χ3v) is 2.03. The molecule has 0 bridgehead atoms.